The van der Waals surface area contributed by atoms with Crippen LogP contribution in [0.4, 0.5) is 5.69 Å². The third kappa shape index (κ3) is 5.25. The van der Waals surface area contributed by atoms with Crippen LogP contribution < -0.4 is 14.4 Å². The highest BCUT2D eigenvalue weighted by atomic mass is 16.5. The Hall–Kier alpha value is -4.00. The summed E-state index contributed by atoms with van der Waals surface area (Å²) in [5.74, 6) is 1.27. The monoisotopic (exact) mass is 553 g/mol. The van der Waals surface area contributed by atoms with Crippen molar-refractivity contribution in [1.29, 1.82) is 0 Å². The van der Waals surface area contributed by atoms with E-state index in [1.807, 2.05) is 65.6 Å². The number of hydrogen-bond acceptors (Lipinski definition) is 5. The summed E-state index contributed by atoms with van der Waals surface area (Å²) in [4.78, 5) is 35.2. The molecule has 0 bridgehead atoms. The second kappa shape index (κ2) is 11.9. The van der Waals surface area contributed by atoms with Crippen molar-refractivity contribution < 1.29 is 19.1 Å². The molecular weight excluding hydrogens is 514 g/mol. The van der Waals surface area contributed by atoms with Gasteiger partial charge in [-0.3, -0.25) is 9.59 Å². The minimum absolute atomic E-state index is 0.0432. The molecule has 7 heteroatoms. The quantitative estimate of drug-likeness (QED) is 0.394. The molecule has 0 radical (unpaired) electrons. The average molecular weight is 554 g/mol. The first-order chi connectivity index (χ1) is 20.1. The van der Waals surface area contributed by atoms with Crippen LogP contribution in [0.3, 0.4) is 0 Å². The van der Waals surface area contributed by atoms with E-state index in [2.05, 4.69) is 21.9 Å². The van der Waals surface area contributed by atoms with E-state index in [4.69, 9.17) is 9.47 Å². The first-order valence-corrected chi connectivity index (χ1v) is 14.8. The van der Waals surface area contributed by atoms with E-state index >= 15 is 0 Å². The Morgan fingerprint density at radius 3 is 2.00 bits per heavy atom. The molecule has 6 rings (SSSR count). The van der Waals surface area contributed by atoms with Gasteiger partial charge in [0.1, 0.15) is 11.5 Å². The number of benzene rings is 3. The predicted molar refractivity (Wildman–Crippen MR) is 160 cm³/mol. The maximum atomic E-state index is 14.6. The second-order valence-electron chi connectivity index (χ2n) is 11.3. The van der Waals surface area contributed by atoms with Gasteiger partial charge >= 0.3 is 0 Å². The highest BCUT2D eigenvalue weighted by Crippen LogP contribution is 2.46. The Labute approximate surface area is 242 Å². The topological polar surface area (TPSA) is 62.3 Å². The van der Waals surface area contributed by atoms with Gasteiger partial charge in [0.25, 0.3) is 5.91 Å². The molecule has 0 spiro atoms. The highest BCUT2D eigenvalue weighted by molar-refractivity contribution is 6.01. The van der Waals surface area contributed by atoms with E-state index in [0.717, 1.165) is 67.1 Å². The van der Waals surface area contributed by atoms with Crippen molar-refractivity contribution in [3.05, 3.63) is 89.5 Å². The number of hydrogen-bond donors (Lipinski definition) is 0. The summed E-state index contributed by atoms with van der Waals surface area (Å²) in [7, 11) is 3.33. The van der Waals surface area contributed by atoms with Crippen molar-refractivity contribution in [3.63, 3.8) is 0 Å². The fourth-order valence-electron chi connectivity index (χ4n) is 6.91. The SMILES string of the molecule is COc1ccc([C@@H]2[C@@H](C(=O)N3CCN(c4ccc(OC)cc4)CC3)c3ccccc3C(=O)N2C2CCCCC2)cc1. The summed E-state index contributed by atoms with van der Waals surface area (Å²) in [6, 6.07) is 23.5. The van der Waals surface area contributed by atoms with Gasteiger partial charge in [0.15, 0.2) is 0 Å². The summed E-state index contributed by atoms with van der Waals surface area (Å²) in [6.45, 7) is 2.78. The van der Waals surface area contributed by atoms with Crippen LogP contribution in [0.15, 0.2) is 72.8 Å². The zero-order valence-electron chi connectivity index (χ0n) is 24.0. The van der Waals surface area contributed by atoms with E-state index < -0.39 is 5.92 Å². The number of nitrogens with zero attached hydrogens (tertiary/aromatic N) is 3. The molecule has 214 valence electrons. The Morgan fingerprint density at radius 1 is 0.756 bits per heavy atom. The lowest BCUT2D eigenvalue weighted by atomic mass is 9.77. The van der Waals surface area contributed by atoms with Crippen LogP contribution in [0.25, 0.3) is 0 Å². The second-order valence-corrected chi connectivity index (χ2v) is 11.3. The van der Waals surface area contributed by atoms with Gasteiger partial charge in [-0.2, -0.15) is 0 Å². The van der Waals surface area contributed by atoms with Gasteiger partial charge in [-0.15, -0.1) is 0 Å². The average Bonchev–Trinajstić information content (AvgIpc) is 3.05. The maximum absolute atomic E-state index is 14.6. The maximum Gasteiger partial charge on any atom is 0.254 e. The van der Waals surface area contributed by atoms with Crippen molar-refractivity contribution in [2.24, 2.45) is 0 Å². The van der Waals surface area contributed by atoms with Gasteiger partial charge in [-0.25, -0.2) is 0 Å². The first-order valence-electron chi connectivity index (χ1n) is 14.8. The van der Waals surface area contributed by atoms with Crippen LogP contribution in [0, 0.1) is 0 Å². The van der Waals surface area contributed by atoms with Crippen LogP contribution in [0.2, 0.25) is 0 Å². The van der Waals surface area contributed by atoms with E-state index in [9.17, 15) is 9.59 Å². The third-order valence-electron chi connectivity index (χ3n) is 9.10. The van der Waals surface area contributed by atoms with Gasteiger partial charge < -0.3 is 24.2 Å². The smallest absolute Gasteiger partial charge is 0.254 e. The van der Waals surface area contributed by atoms with Gasteiger partial charge in [-0.05, 0) is 66.4 Å². The molecule has 2 fully saturated rings. The molecule has 0 aromatic heterocycles. The van der Waals surface area contributed by atoms with Gasteiger partial charge in [0.05, 0.1) is 26.2 Å². The largest absolute Gasteiger partial charge is 0.497 e. The minimum atomic E-state index is -0.466. The van der Waals surface area contributed by atoms with E-state index in [0.29, 0.717) is 18.7 Å². The van der Waals surface area contributed by atoms with Crippen molar-refractivity contribution in [3.8, 4) is 11.5 Å². The van der Waals surface area contributed by atoms with Crippen LogP contribution in [-0.2, 0) is 4.79 Å². The normalized spacial score (nSPS) is 21.4. The van der Waals surface area contributed by atoms with Crippen LogP contribution in [-0.4, -0.2) is 68.1 Å². The summed E-state index contributed by atoms with van der Waals surface area (Å²) in [5.41, 5.74) is 3.62. The third-order valence-corrected chi connectivity index (χ3v) is 9.10. The Balaban J connectivity index is 1.34. The Bertz CT molecular complexity index is 1360. The zero-order chi connectivity index (χ0) is 28.3. The summed E-state index contributed by atoms with van der Waals surface area (Å²) >= 11 is 0. The van der Waals surface area contributed by atoms with Crippen molar-refractivity contribution in [2.75, 3.05) is 45.3 Å². The molecular formula is C34H39N3O4. The van der Waals surface area contributed by atoms with Gasteiger partial charge in [0, 0.05) is 43.5 Å². The molecule has 1 saturated carbocycles. The van der Waals surface area contributed by atoms with E-state index in [1.54, 1.807) is 14.2 Å². The molecule has 0 unspecified atom stereocenters. The molecule has 2 atom stereocenters. The fourth-order valence-corrected chi connectivity index (χ4v) is 6.91. The number of amides is 2. The number of anilines is 1. The molecule has 0 N–H and O–H groups in total. The van der Waals surface area contributed by atoms with Crippen molar-refractivity contribution in [1.82, 2.24) is 9.80 Å². The molecule has 1 aliphatic carbocycles. The van der Waals surface area contributed by atoms with Gasteiger partial charge in [-0.1, -0.05) is 49.6 Å². The number of ether oxygens (including phenoxy) is 2. The van der Waals surface area contributed by atoms with Crippen LogP contribution in [0.5, 0.6) is 11.5 Å². The highest BCUT2D eigenvalue weighted by Gasteiger charge is 2.48. The number of fused-ring (bicyclic) bond motifs is 1. The molecule has 3 aliphatic rings. The lowest BCUT2D eigenvalue weighted by Crippen LogP contribution is -2.55. The molecule has 2 amide bonds. The van der Waals surface area contributed by atoms with E-state index in [1.165, 1.54) is 6.42 Å². The molecule has 2 heterocycles. The standard InChI is InChI=1S/C34H39N3O4/c1-40-27-16-12-24(13-17-27)32-31(29-10-6-7-11-30(29)33(38)37(32)26-8-4-3-5-9-26)34(39)36-22-20-35(21-23-36)25-14-18-28(41-2)19-15-25/h6-7,10-19,26,31-32H,3-5,8-9,20-23H2,1-2H3/t31-,32+/m0/s1. The predicted octanol–water partition coefficient (Wildman–Crippen LogP) is 5.67. The van der Waals surface area contributed by atoms with Crippen LogP contribution >= 0.6 is 0 Å². The minimum Gasteiger partial charge on any atom is -0.497 e. The van der Waals surface area contributed by atoms with E-state index in [-0.39, 0.29) is 23.9 Å². The van der Waals surface area contributed by atoms with Crippen molar-refractivity contribution in [2.45, 2.75) is 50.1 Å². The van der Waals surface area contributed by atoms with Crippen LogP contribution in [0.1, 0.15) is 65.5 Å². The molecule has 7 nitrogen and oxygen atoms in total. The number of piperazine rings is 1. The van der Waals surface area contributed by atoms with Gasteiger partial charge in [0.2, 0.25) is 5.91 Å². The molecule has 3 aromatic carbocycles. The zero-order valence-corrected chi connectivity index (χ0v) is 24.0. The fraction of sp³-hybridized carbons (Fsp3) is 0.412. The summed E-state index contributed by atoms with van der Waals surface area (Å²) in [5, 5.41) is 0. The molecule has 2 aliphatic heterocycles. The first kappa shape index (κ1) is 27.2. The number of carbonyl (C=O) groups excluding carboxylic acids is 2. The molecule has 41 heavy (non-hydrogen) atoms. The number of carbonyl (C=O) groups is 2. The van der Waals surface area contributed by atoms with Crippen molar-refractivity contribution >= 4 is 17.5 Å². The summed E-state index contributed by atoms with van der Waals surface area (Å²) in [6.07, 6.45) is 5.36. The summed E-state index contributed by atoms with van der Waals surface area (Å²) < 4.78 is 10.8. The molecule has 1 saturated heterocycles. The molecule has 3 aromatic rings. The number of methoxy groups -OCH3 is 2. The number of rotatable bonds is 6. The lowest BCUT2D eigenvalue weighted by Gasteiger charge is -2.48. The Kier molecular flexibility index (Phi) is 7.86. The Morgan fingerprint density at radius 2 is 1.37 bits per heavy atom. The lowest BCUT2D eigenvalue weighted by molar-refractivity contribution is -0.135.